The van der Waals surface area contributed by atoms with Gasteiger partial charge in [0.1, 0.15) is 10.5 Å². The van der Waals surface area contributed by atoms with Crippen molar-refractivity contribution in [2.75, 3.05) is 6.61 Å². The first kappa shape index (κ1) is 8.84. The van der Waals surface area contributed by atoms with Crippen molar-refractivity contribution in [3.8, 4) is 0 Å². The second kappa shape index (κ2) is 3.98. The molecule has 1 atom stereocenters. The third-order valence-corrected chi connectivity index (χ3v) is 2.41. The van der Waals surface area contributed by atoms with E-state index in [1.807, 2.05) is 0 Å². The third-order valence-electron chi connectivity index (χ3n) is 2.17. The van der Waals surface area contributed by atoms with Crippen molar-refractivity contribution in [3.63, 3.8) is 0 Å². The molecular formula is C9H12N2OS. The van der Waals surface area contributed by atoms with Crippen LogP contribution in [0.1, 0.15) is 18.7 Å². The molecule has 2 heterocycles. The van der Waals surface area contributed by atoms with Gasteiger partial charge in [0, 0.05) is 19.2 Å². The van der Waals surface area contributed by atoms with Gasteiger partial charge in [-0.25, -0.2) is 4.98 Å². The molecular weight excluding hydrogens is 184 g/mol. The molecule has 1 unspecified atom stereocenters. The molecule has 0 aromatic carbocycles. The molecule has 1 aromatic rings. The number of ether oxygens (including phenoxy) is 1. The van der Waals surface area contributed by atoms with Crippen molar-refractivity contribution in [2.45, 2.75) is 25.4 Å². The zero-order valence-corrected chi connectivity index (χ0v) is 8.14. The van der Waals surface area contributed by atoms with Crippen molar-refractivity contribution < 1.29 is 4.74 Å². The van der Waals surface area contributed by atoms with Crippen LogP contribution in [0.4, 0.5) is 0 Å². The van der Waals surface area contributed by atoms with E-state index in [4.69, 9.17) is 17.0 Å². The first-order valence-electron chi connectivity index (χ1n) is 4.50. The van der Waals surface area contributed by atoms with Crippen molar-refractivity contribution in [1.29, 1.82) is 0 Å². The van der Waals surface area contributed by atoms with Crippen molar-refractivity contribution in [1.82, 2.24) is 9.97 Å². The Morgan fingerprint density at radius 3 is 3.31 bits per heavy atom. The maximum atomic E-state index is 5.50. The highest BCUT2D eigenvalue weighted by molar-refractivity contribution is 7.71. The average Bonchev–Trinajstić information content (AvgIpc) is 2.57. The van der Waals surface area contributed by atoms with Crippen molar-refractivity contribution >= 4 is 12.2 Å². The number of nitrogens with one attached hydrogen (secondary N) is 1. The Bertz CT molecular complexity index is 330. The van der Waals surface area contributed by atoms with E-state index in [2.05, 4.69) is 9.97 Å². The monoisotopic (exact) mass is 196 g/mol. The molecule has 1 aliphatic heterocycles. The first-order valence-corrected chi connectivity index (χ1v) is 4.91. The topological polar surface area (TPSA) is 37.9 Å². The van der Waals surface area contributed by atoms with Crippen LogP contribution in [0.2, 0.25) is 0 Å². The summed E-state index contributed by atoms with van der Waals surface area (Å²) in [6, 6.07) is 1.79. The summed E-state index contributed by atoms with van der Waals surface area (Å²) in [6.45, 7) is 0.887. The predicted octanol–water partition coefficient (Wildman–Crippen LogP) is 1.86. The molecule has 1 aliphatic rings. The summed E-state index contributed by atoms with van der Waals surface area (Å²) in [5, 5.41) is 0. The molecule has 0 amide bonds. The van der Waals surface area contributed by atoms with Crippen molar-refractivity contribution in [2.24, 2.45) is 0 Å². The van der Waals surface area contributed by atoms with Gasteiger partial charge in [-0.2, -0.15) is 0 Å². The van der Waals surface area contributed by atoms with Gasteiger partial charge in [-0.1, -0.05) is 12.2 Å². The van der Waals surface area contributed by atoms with Gasteiger partial charge < -0.3 is 9.72 Å². The Morgan fingerprint density at radius 2 is 2.62 bits per heavy atom. The molecule has 0 aliphatic carbocycles. The van der Waals surface area contributed by atoms with Gasteiger partial charge in [-0.15, -0.1) is 0 Å². The molecule has 13 heavy (non-hydrogen) atoms. The molecule has 0 saturated carbocycles. The fourth-order valence-corrected chi connectivity index (χ4v) is 1.71. The smallest absolute Gasteiger partial charge is 0.109 e. The number of aromatic amines is 1. The van der Waals surface area contributed by atoms with Gasteiger partial charge in [0.25, 0.3) is 0 Å². The number of H-pyrrole nitrogens is 1. The Labute approximate surface area is 82.2 Å². The van der Waals surface area contributed by atoms with E-state index in [9.17, 15) is 0 Å². The van der Waals surface area contributed by atoms with Gasteiger partial charge in [0.05, 0.1) is 6.10 Å². The highest BCUT2D eigenvalue weighted by atomic mass is 32.1. The van der Waals surface area contributed by atoms with Crippen LogP contribution < -0.4 is 0 Å². The van der Waals surface area contributed by atoms with Gasteiger partial charge in [-0.3, -0.25) is 0 Å². The fourth-order valence-electron chi connectivity index (χ4n) is 1.54. The summed E-state index contributed by atoms with van der Waals surface area (Å²) >= 11 is 5.00. The summed E-state index contributed by atoms with van der Waals surface area (Å²) in [5.74, 6) is 0.930. The van der Waals surface area contributed by atoms with Gasteiger partial charge >= 0.3 is 0 Å². The van der Waals surface area contributed by atoms with E-state index >= 15 is 0 Å². The van der Waals surface area contributed by atoms with Crippen LogP contribution in [0.3, 0.4) is 0 Å². The van der Waals surface area contributed by atoms with Crippen LogP contribution in [0.15, 0.2) is 12.3 Å². The molecule has 0 radical (unpaired) electrons. The van der Waals surface area contributed by atoms with Crippen LogP contribution >= 0.6 is 12.2 Å². The molecule has 0 bridgehead atoms. The zero-order valence-electron chi connectivity index (χ0n) is 7.32. The lowest BCUT2D eigenvalue weighted by Crippen LogP contribution is -2.11. The summed E-state index contributed by atoms with van der Waals surface area (Å²) < 4.78 is 6.24. The second-order valence-corrected chi connectivity index (χ2v) is 3.66. The maximum Gasteiger partial charge on any atom is 0.109 e. The van der Waals surface area contributed by atoms with Gasteiger partial charge in [0.2, 0.25) is 0 Å². The summed E-state index contributed by atoms with van der Waals surface area (Å²) in [6.07, 6.45) is 5.23. The minimum atomic E-state index is 0.334. The van der Waals surface area contributed by atoms with E-state index in [0.29, 0.717) is 6.10 Å². The zero-order chi connectivity index (χ0) is 9.10. The van der Waals surface area contributed by atoms with Crippen LogP contribution in [0, 0.1) is 4.64 Å². The van der Waals surface area contributed by atoms with Crippen LogP contribution in [-0.2, 0) is 11.2 Å². The van der Waals surface area contributed by atoms with E-state index < -0.39 is 0 Å². The number of hydrogen-bond acceptors (Lipinski definition) is 3. The molecule has 1 saturated heterocycles. The highest BCUT2D eigenvalue weighted by Crippen LogP contribution is 2.14. The third kappa shape index (κ3) is 2.35. The first-order chi connectivity index (χ1) is 6.34. The normalized spacial score (nSPS) is 22.0. The molecule has 1 aromatic heterocycles. The molecule has 1 fully saturated rings. The molecule has 4 heteroatoms. The van der Waals surface area contributed by atoms with Gasteiger partial charge in [0.15, 0.2) is 0 Å². The van der Waals surface area contributed by atoms with E-state index in [1.54, 1.807) is 12.3 Å². The molecule has 70 valence electrons. The highest BCUT2D eigenvalue weighted by Gasteiger charge is 2.16. The molecule has 1 N–H and O–H groups in total. The van der Waals surface area contributed by atoms with Crippen molar-refractivity contribution in [3.05, 3.63) is 22.7 Å². The molecule has 3 nitrogen and oxygen atoms in total. The number of aromatic nitrogens is 2. The number of hydrogen-bond donors (Lipinski definition) is 1. The SMILES string of the molecule is S=c1ccnc(CC2CCCO2)[nH]1. The Kier molecular flexibility index (Phi) is 2.71. The predicted molar refractivity (Wildman–Crippen MR) is 52.1 cm³/mol. The minimum absolute atomic E-state index is 0.334. The lowest BCUT2D eigenvalue weighted by atomic mass is 10.2. The van der Waals surface area contributed by atoms with E-state index in [1.165, 1.54) is 0 Å². The summed E-state index contributed by atoms with van der Waals surface area (Å²) in [4.78, 5) is 7.26. The largest absolute Gasteiger partial charge is 0.378 e. The Balaban J connectivity index is 2.04. The Morgan fingerprint density at radius 1 is 1.69 bits per heavy atom. The average molecular weight is 196 g/mol. The number of rotatable bonds is 2. The van der Waals surface area contributed by atoms with E-state index in [0.717, 1.165) is 36.3 Å². The van der Waals surface area contributed by atoms with Crippen LogP contribution in [0.5, 0.6) is 0 Å². The fraction of sp³-hybridized carbons (Fsp3) is 0.556. The van der Waals surface area contributed by atoms with Crippen LogP contribution in [-0.4, -0.2) is 22.7 Å². The van der Waals surface area contributed by atoms with Crippen LogP contribution in [0.25, 0.3) is 0 Å². The lowest BCUT2D eigenvalue weighted by molar-refractivity contribution is 0.110. The quantitative estimate of drug-likeness (QED) is 0.734. The second-order valence-electron chi connectivity index (χ2n) is 3.22. The Hall–Kier alpha value is -0.740. The summed E-state index contributed by atoms with van der Waals surface area (Å²) in [7, 11) is 0. The maximum absolute atomic E-state index is 5.50. The lowest BCUT2D eigenvalue weighted by Gasteiger charge is -2.07. The minimum Gasteiger partial charge on any atom is -0.378 e. The van der Waals surface area contributed by atoms with Gasteiger partial charge in [-0.05, 0) is 18.9 Å². The molecule has 2 rings (SSSR count). The molecule has 0 spiro atoms. The van der Waals surface area contributed by atoms with E-state index in [-0.39, 0.29) is 0 Å². The standard InChI is InChI=1S/C9H12N2OS/c13-9-3-4-10-8(11-9)6-7-2-1-5-12-7/h3-4,7H,1-2,5-6H2,(H,10,11,13). The summed E-state index contributed by atoms with van der Waals surface area (Å²) in [5.41, 5.74) is 0. The number of nitrogens with zero attached hydrogens (tertiary/aromatic N) is 1.